The molecule has 6 aromatic carbocycles. The maximum atomic E-state index is 6.93. The molecule has 0 saturated heterocycles. The Labute approximate surface area is 268 Å². The van der Waals surface area contributed by atoms with E-state index in [4.69, 9.17) is 7.85 Å². The second-order valence-corrected chi connectivity index (χ2v) is 13.4. The van der Waals surface area contributed by atoms with Crippen LogP contribution >= 0.6 is 11.3 Å². The number of hydrogen-bond donors (Lipinski definition) is 0. The molecule has 2 heteroatoms. The lowest BCUT2D eigenvalue weighted by Gasteiger charge is -2.28. The van der Waals surface area contributed by atoms with Crippen LogP contribution in [0, 0.1) is 11.8 Å². The minimum absolute atomic E-state index is 0.407. The zero-order valence-electron chi connectivity index (χ0n) is 25.0. The topological polar surface area (TPSA) is 0 Å². The highest BCUT2D eigenvalue weighted by atomic mass is 32.1. The van der Waals surface area contributed by atoms with E-state index in [1.165, 1.54) is 75.3 Å². The zero-order valence-corrected chi connectivity index (χ0v) is 25.8. The molecule has 0 bridgehead atoms. The standard InChI is InChI=1S/C43H29BS/c1-26-17-20-38(32-12-3-2-11-31(26)32)43-42(44)40-25-30(19-22-41(40)45-43)28-10-8-9-27(23-28)29-18-21-37-35-15-5-4-13-33(35)34-14-6-7-16-36(34)39(37)24-29/h2-26,31H,1H3. The van der Waals surface area contributed by atoms with Crippen molar-refractivity contribution in [2.24, 2.45) is 11.8 Å². The third-order valence-corrected chi connectivity index (χ3v) is 11.0. The number of allylic oxidation sites excluding steroid dienone is 8. The normalized spacial score (nSPS) is 17.6. The maximum Gasteiger partial charge on any atom is 0.116 e. The molecule has 45 heavy (non-hydrogen) atoms. The fraction of sp³-hybridized carbons (Fsp3) is 0.0698. The first-order valence-electron chi connectivity index (χ1n) is 15.7. The molecule has 2 unspecified atom stereocenters. The number of thiophene rings is 1. The molecule has 0 N–H and O–H groups in total. The molecule has 0 saturated carbocycles. The molecule has 2 radical (unpaired) electrons. The average molecular weight is 589 g/mol. The van der Waals surface area contributed by atoms with Gasteiger partial charge in [-0.15, -0.1) is 11.3 Å². The third kappa shape index (κ3) is 4.20. The summed E-state index contributed by atoms with van der Waals surface area (Å²) in [5.41, 5.74) is 8.32. The van der Waals surface area contributed by atoms with Gasteiger partial charge in [-0.1, -0.05) is 134 Å². The van der Waals surface area contributed by atoms with Gasteiger partial charge in [0.1, 0.15) is 7.85 Å². The lowest BCUT2D eigenvalue weighted by molar-refractivity contribution is 0.586. The Morgan fingerprint density at radius 2 is 1.13 bits per heavy atom. The van der Waals surface area contributed by atoms with Crippen LogP contribution in [0.25, 0.3) is 70.2 Å². The maximum absolute atomic E-state index is 6.93. The lowest BCUT2D eigenvalue weighted by atomic mass is 9.76. The third-order valence-electron chi connectivity index (χ3n) is 9.75. The van der Waals surface area contributed by atoms with Crippen molar-refractivity contribution in [1.29, 1.82) is 0 Å². The van der Waals surface area contributed by atoms with Gasteiger partial charge in [-0.05, 0) is 101 Å². The van der Waals surface area contributed by atoms with Crippen LogP contribution in [-0.2, 0) is 0 Å². The molecule has 0 aliphatic heterocycles. The van der Waals surface area contributed by atoms with Crippen molar-refractivity contribution in [3.8, 4) is 22.3 Å². The van der Waals surface area contributed by atoms with E-state index in [0.717, 1.165) is 10.8 Å². The van der Waals surface area contributed by atoms with Gasteiger partial charge in [-0.2, -0.15) is 0 Å². The molecule has 2 atom stereocenters. The van der Waals surface area contributed by atoms with Crippen LogP contribution in [0.2, 0.25) is 0 Å². The minimum Gasteiger partial charge on any atom is -0.136 e. The molecule has 0 amide bonds. The predicted octanol–water partition coefficient (Wildman–Crippen LogP) is 11.2. The van der Waals surface area contributed by atoms with Crippen LogP contribution in [0.15, 0.2) is 151 Å². The van der Waals surface area contributed by atoms with Gasteiger partial charge in [0, 0.05) is 15.5 Å². The molecule has 1 heterocycles. The predicted molar refractivity (Wildman–Crippen MR) is 198 cm³/mol. The summed E-state index contributed by atoms with van der Waals surface area (Å²) in [6, 6.07) is 40.1. The second-order valence-electron chi connectivity index (χ2n) is 12.3. The summed E-state index contributed by atoms with van der Waals surface area (Å²) in [5, 5.41) is 8.92. The Hall–Kier alpha value is -4.92. The number of hydrogen-bond acceptors (Lipinski definition) is 1. The van der Waals surface area contributed by atoms with Crippen molar-refractivity contribution in [1.82, 2.24) is 0 Å². The quantitative estimate of drug-likeness (QED) is 0.142. The van der Waals surface area contributed by atoms with Crippen LogP contribution in [0.1, 0.15) is 11.8 Å². The van der Waals surface area contributed by atoms with Gasteiger partial charge in [-0.25, -0.2) is 0 Å². The van der Waals surface area contributed by atoms with E-state index in [9.17, 15) is 0 Å². The fourth-order valence-corrected chi connectivity index (χ4v) is 8.57. The van der Waals surface area contributed by atoms with Crippen LogP contribution < -0.4 is 5.46 Å². The highest BCUT2D eigenvalue weighted by molar-refractivity contribution is 7.21. The minimum atomic E-state index is 0.407. The van der Waals surface area contributed by atoms with Crippen LogP contribution in [0.4, 0.5) is 0 Å². The Morgan fingerprint density at radius 3 is 1.84 bits per heavy atom. The van der Waals surface area contributed by atoms with Crippen LogP contribution in [-0.4, -0.2) is 7.85 Å². The van der Waals surface area contributed by atoms with E-state index < -0.39 is 0 Å². The molecule has 2 aliphatic carbocycles. The van der Waals surface area contributed by atoms with Crippen molar-refractivity contribution in [2.75, 3.05) is 0 Å². The second kappa shape index (κ2) is 10.3. The lowest BCUT2D eigenvalue weighted by Crippen LogP contribution is -2.17. The first kappa shape index (κ1) is 26.5. The highest BCUT2D eigenvalue weighted by Gasteiger charge is 2.25. The monoisotopic (exact) mass is 588 g/mol. The van der Waals surface area contributed by atoms with Gasteiger partial charge in [0.2, 0.25) is 0 Å². The smallest absolute Gasteiger partial charge is 0.116 e. The molecule has 0 fully saturated rings. The Bertz CT molecular complexity index is 2430. The summed E-state index contributed by atoms with van der Waals surface area (Å²) >= 11 is 1.80. The highest BCUT2D eigenvalue weighted by Crippen LogP contribution is 2.42. The first-order valence-corrected chi connectivity index (χ1v) is 16.5. The summed E-state index contributed by atoms with van der Waals surface area (Å²) in [5.74, 6) is 0.893. The molecular formula is C43H29BS. The summed E-state index contributed by atoms with van der Waals surface area (Å²) in [7, 11) is 6.93. The Morgan fingerprint density at radius 1 is 0.533 bits per heavy atom. The summed E-state index contributed by atoms with van der Waals surface area (Å²) in [4.78, 5) is 1.18. The number of fused-ring (bicyclic) bond motifs is 8. The van der Waals surface area contributed by atoms with E-state index in [-0.39, 0.29) is 0 Å². The fourth-order valence-electron chi connectivity index (χ4n) is 7.42. The summed E-state index contributed by atoms with van der Waals surface area (Å²) < 4.78 is 1.23. The van der Waals surface area contributed by atoms with Gasteiger partial charge >= 0.3 is 0 Å². The number of rotatable bonds is 3. The van der Waals surface area contributed by atoms with E-state index in [0.29, 0.717) is 11.8 Å². The molecular weight excluding hydrogens is 559 g/mol. The van der Waals surface area contributed by atoms with Crippen molar-refractivity contribution < 1.29 is 0 Å². The van der Waals surface area contributed by atoms with Gasteiger partial charge in [-0.3, -0.25) is 0 Å². The van der Waals surface area contributed by atoms with Gasteiger partial charge in [0.05, 0.1) is 0 Å². The van der Waals surface area contributed by atoms with E-state index >= 15 is 0 Å². The van der Waals surface area contributed by atoms with Gasteiger partial charge in [0.25, 0.3) is 0 Å². The zero-order chi connectivity index (χ0) is 30.1. The Kier molecular flexibility index (Phi) is 6.08. The molecule has 0 spiro atoms. The molecule has 7 aromatic rings. The summed E-state index contributed by atoms with van der Waals surface area (Å²) in [6.07, 6.45) is 13.5. The van der Waals surface area contributed by atoms with Crippen LogP contribution in [0.3, 0.4) is 0 Å². The van der Waals surface area contributed by atoms with Crippen molar-refractivity contribution in [2.45, 2.75) is 6.92 Å². The van der Waals surface area contributed by atoms with Crippen LogP contribution in [0.5, 0.6) is 0 Å². The largest absolute Gasteiger partial charge is 0.136 e. The molecule has 1 aromatic heterocycles. The van der Waals surface area contributed by atoms with Gasteiger partial charge in [0.15, 0.2) is 0 Å². The molecule has 0 nitrogen and oxygen atoms in total. The first-order chi connectivity index (χ1) is 22.1. The number of benzene rings is 6. The molecule has 2 aliphatic rings. The van der Waals surface area contributed by atoms with E-state index in [1.807, 2.05) is 0 Å². The van der Waals surface area contributed by atoms with Crippen molar-refractivity contribution in [3.05, 3.63) is 156 Å². The van der Waals surface area contributed by atoms with Crippen molar-refractivity contribution in [3.63, 3.8) is 0 Å². The van der Waals surface area contributed by atoms with E-state index in [1.54, 1.807) is 11.3 Å². The summed E-state index contributed by atoms with van der Waals surface area (Å²) in [6.45, 7) is 2.29. The molecule has 9 rings (SSSR count). The van der Waals surface area contributed by atoms with Crippen molar-refractivity contribution >= 4 is 72.6 Å². The molecule has 210 valence electrons. The van der Waals surface area contributed by atoms with E-state index in [2.05, 4.69) is 153 Å². The SMILES string of the molecule is [B]c1c(C2=C3C=CC=CC3C(C)C=C2)sc2ccc(-c3cccc(-c4ccc5c6ccccc6c6ccccc6c5c4)c3)cc12. The van der Waals surface area contributed by atoms with Gasteiger partial charge < -0.3 is 0 Å². The average Bonchev–Trinajstić information content (AvgIpc) is 3.43. The Balaban J connectivity index is 1.14.